The summed E-state index contributed by atoms with van der Waals surface area (Å²) < 4.78 is 4.86. The Morgan fingerprint density at radius 3 is 3.11 bits per heavy atom. The van der Waals surface area contributed by atoms with Crippen molar-refractivity contribution in [3.8, 4) is 0 Å². The molecule has 0 aromatic rings. The standard InChI is InChI=1S/C12H23N3O3/c1-9(12(17)14-6-7-18-2)15-10-4-3-5-13-11(16)8-10/h9-10,15H,3-8H2,1-2H3,(H,13,16)(H,14,17). The summed E-state index contributed by atoms with van der Waals surface area (Å²) in [5, 5.41) is 8.80. The summed E-state index contributed by atoms with van der Waals surface area (Å²) in [7, 11) is 1.60. The Morgan fingerprint density at radius 2 is 2.39 bits per heavy atom. The Hall–Kier alpha value is -1.14. The van der Waals surface area contributed by atoms with E-state index in [2.05, 4.69) is 16.0 Å². The van der Waals surface area contributed by atoms with Gasteiger partial charge in [-0.05, 0) is 19.8 Å². The first-order valence-electron chi connectivity index (χ1n) is 6.43. The Bertz CT molecular complexity index is 284. The van der Waals surface area contributed by atoms with E-state index in [1.54, 1.807) is 7.11 Å². The maximum atomic E-state index is 11.7. The van der Waals surface area contributed by atoms with Crippen molar-refractivity contribution >= 4 is 11.8 Å². The van der Waals surface area contributed by atoms with Crippen LogP contribution in [0.1, 0.15) is 26.2 Å². The third kappa shape index (κ3) is 5.46. The number of hydrogen-bond donors (Lipinski definition) is 3. The smallest absolute Gasteiger partial charge is 0.236 e. The van der Waals surface area contributed by atoms with E-state index in [1.807, 2.05) is 6.92 Å². The molecule has 0 saturated carbocycles. The summed E-state index contributed by atoms with van der Waals surface area (Å²) in [5.74, 6) is -0.00584. The summed E-state index contributed by atoms with van der Waals surface area (Å²) in [4.78, 5) is 23.1. The third-order valence-electron chi connectivity index (χ3n) is 2.97. The lowest BCUT2D eigenvalue weighted by atomic mass is 10.1. The maximum absolute atomic E-state index is 11.7. The minimum Gasteiger partial charge on any atom is -0.383 e. The molecule has 3 N–H and O–H groups in total. The second kappa shape index (κ2) is 8.05. The topological polar surface area (TPSA) is 79.5 Å². The van der Waals surface area contributed by atoms with Crippen LogP contribution in [-0.4, -0.2) is 50.7 Å². The van der Waals surface area contributed by atoms with Crippen molar-refractivity contribution in [3.63, 3.8) is 0 Å². The van der Waals surface area contributed by atoms with E-state index in [-0.39, 0.29) is 23.9 Å². The SMILES string of the molecule is COCCNC(=O)C(C)NC1CCCNC(=O)C1. The molecule has 0 radical (unpaired) electrons. The first kappa shape index (κ1) is 14.9. The lowest BCUT2D eigenvalue weighted by molar-refractivity contribution is -0.124. The van der Waals surface area contributed by atoms with Gasteiger partial charge in [-0.2, -0.15) is 0 Å². The normalized spacial score (nSPS) is 21.9. The zero-order valence-electron chi connectivity index (χ0n) is 11.1. The van der Waals surface area contributed by atoms with Crippen LogP contribution in [0.25, 0.3) is 0 Å². The van der Waals surface area contributed by atoms with Crippen LogP contribution in [0.3, 0.4) is 0 Å². The quantitative estimate of drug-likeness (QED) is 0.555. The molecular formula is C12H23N3O3. The van der Waals surface area contributed by atoms with Gasteiger partial charge >= 0.3 is 0 Å². The molecule has 18 heavy (non-hydrogen) atoms. The molecule has 1 rings (SSSR count). The van der Waals surface area contributed by atoms with Gasteiger partial charge in [0.2, 0.25) is 11.8 Å². The molecule has 1 saturated heterocycles. The first-order chi connectivity index (χ1) is 8.63. The third-order valence-corrected chi connectivity index (χ3v) is 2.97. The molecule has 2 amide bonds. The zero-order chi connectivity index (χ0) is 13.4. The summed E-state index contributed by atoms with van der Waals surface area (Å²) >= 11 is 0. The molecular weight excluding hydrogens is 234 g/mol. The molecule has 0 aromatic heterocycles. The van der Waals surface area contributed by atoms with E-state index in [4.69, 9.17) is 4.74 Å². The van der Waals surface area contributed by atoms with E-state index in [0.29, 0.717) is 19.6 Å². The molecule has 0 aliphatic carbocycles. The summed E-state index contributed by atoms with van der Waals surface area (Å²) in [6.45, 7) is 3.55. The fourth-order valence-electron chi connectivity index (χ4n) is 1.98. The van der Waals surface area contributed by atoms with Crippen LogP contribution in [0.4, 0.5) is 0 Å². The molecule has 1 heterocycles. The average molecular weight is 257 g/mol. The number of methoxy groups -OCH3 is 1. The minimum absolute atomic E-state index is 0.0528. The molecule has 0 spiro atoms. The van der Waals surface area contributed by atoms with Gasteiger partial charge in [-0.25, -0.2) is 0 Å². The summed E-state index contributed by atoms with van der Waals surface area (Å²) in [6, 6.07) is -0.214. The molecule has 1 fully saturated rings. The first-order valence-corrected chi connectivity index (χ1v) is 6.43. The Kier molecular flexibility index (Phi) is 6.67. The van der Waals surface area contributed by atoms with Crippen molar-refractivity contribution in [2.75, 3.05) is 26.8 Å². The molecule has 0 aromatic carbocycles. The molecule has 6 nitrogen and oxygen atoms in total. The van der Waals surface area contributed by atoms with Crippen LogP contribution < -0.4 is 16.0 Å². The van der Waals surface area contributed by atoms with Crippen molar-refractivity contribution in [1.82, 2.24) is 16.0 Å². The highest BCUT2D eigenvalue weighted by molar-refractivity contribution is 5.81. The van der Waals surface area contributed by atoms with Crippen molar-refractivity contribution in [1.29, 1.82) is 0 Å². The second-order valence-electron chi connectivity index (χ2n) is 4.57. The van der Waals surface area contributed by atoms with E-state index in [0.717, 1.165) is 19.4 Å². The van der Waals surface area contributed by atoms with E-state index in [9.17, 15) is 9.59 Å². The predicted molar refractivity (Wildman–Crippen MR) is 68.1 cm³/mol. The monoisotopic (exact) mass is 257 g/mol. The van der Waals surface area contributed by atoms with Crippen molar-refractivity contribution in [3.05, 3.63) is 0 Å². The number of amides is 2. The Balaban J connectivity index is 2.30. The number of carbonyl (C=O) groups excluding carboxylic acids is 2. The van der Waals surface area contributed by atoms with Crippen LogP contribution in [-0.2, 0) is 14.3 Å². The van der Waals surface area contributed by atoms with Gasteiger partial charge in [-0.3, -0.25) is 9.59 Å². The average Bonchev–Trinajstić information content (AvgIpc) is 2.53. The highest BCUT2D eigenvalue weighted by Crippen LogP contribution is 2.06. The molecule has 2 atom stereocenters. The van der Waals surface area contributed by atoms with Crippen molar-refractivity contribution in [2.24, 2.45) is 0 Å². The van der Waals surface area contributed by atoms with E-state index in [1.165, 1.54) is 0 Å². The number of hydrogen-bond acceptors (Lipinski definition) is 4. The van der Waals surface area contributed by atoms with Gasteiger partial charge in [0.15, 0.2) is 0 Å². The lowest BCUT2D eigenvalue weighted by Crippen LogP contribution is -2.47. The van der Waals surface area contributed by atoms with E-state index >= 15 is 0 Å². The minimum atomic E-state index is -0.294. The maximum Gasteiger partial charge on any atom is 0.236 e. The molecule has 1 aliphatic heterocycles. The van der Waals surface area contributed by atoms with Crippen LogP contribution in [0.5, 0.6) is 0 Å². The number of ether oxygens (including phenoxy) is 1. The molecule has 6 heteroatoms. The van der Waals surface area contributed by atoms with Gasteiger partial charge < -0.3 is 20.7 Å². The van der Waals surface area contributed by atoms with E-state index < -0.39 is 0 Å². The van der Waals surface area contributed by atoms with Crippen LogP contribution in [0, 0.1) is 0 Å². The zero-order valence-corrected chi connectivity index (χ0v) is 11.1. The molecule has 0 bridgehead atoms. The number of carbonyl (C=O) groups is 2. The van der Waals surface area contributed by atoms with Gasteiger partial charge in [0.1, 0.15) is 0 Å². The van der Waals surface area contributed by atoms with Crippen molar-refractivity contribution in [2.45, 2.75) is 38.3 Å². The van der Waals surface area contributed by atoms with Crippen molar-refractivity contribution < 1.29 is 14.3 Å². The van der Waals surface area contributed by atoms with Crippen LogP contribution >= 0.6 is 0 Å². The fourth-order valence-corrected chi connectivity index (χ4v) is 1.98. The second-order valence-corrected chi connectivity index (χ2v) is 4.57. The summed E-state index contributed by atoms with van der Waals surface area (Å²) in [6.07, 6.45) is 2.30. The van der Waals surface area contributed by atoms with Gasteiger partial charge in [0.05, 0.1) is 12.6 Å². The molecule has 2 unspecified atom stereocenters. The molecule has 104 valence electrons. The Labute approximate surface area is 108 Å². The van der Waals surface area contributed by atoms with Gasteiger partial charge in [-0.1, -0.05) is 0 Å². The largest absolute Gasteiger partial charge is 0.383 e. The highest BCUT2D eigenvalue weighted by atomic mass is 16.5. The summed E-state index contributed by atoms with van der Waals surface area (Å²) in [5.41, 5.74) is 0. The van der Waals surface area contributed by atoms with Gasteiger partial charge in [0.25, 0.3) is 0 Å². The highest BCUT2D eigenvalue weighted by Gasteiger charge is 2.21. The number of rotatable bonds is 6. The fraction of sp³-hybridized carbons (Fsp3) is 0.833. The molecule has 1 aliphatic rings. The number of nitrogens with one attached hydrogen (secondary N) is 3. The lowest BCUT2D eigenvalue weighted by Gasteiger charge is -2.20. The van der Waals surface area contributed by atoms with Crippen LogP contribution in [0.15, 0.2) is 0 Å². The van der Waals surface area contributed by atoms with Gasteiger partial charge in [0, 0.05) is 32.7 Å². The van der Waals surface area contributed by atoms with Crippen LogP contribution in [0.2, 0.25) is 0 Å². The van der Waals surface area contributed by atoms with Gasteiger partial charge in [-0.15, -0.1) is 0 Å². The Morgan fingerprint density at radius 1 is 1.61 bits per heavy atom. The predicted octanol–water partition coefficient (Wildman–Crippen LogP) is -0.604.